The summed E-state index contributed by atoms with van der Waals surface area (Å²) in [5, 5.41) is 0.562. The Morgan fingerprint density at radius 2 is 1.59 bits per heavy atom. The molecule has 0 saturated heterocycles. The summed E-state index contributed by atoms with van der Waals surface area (Å²) in [5.41, 5.74) is 1.54. The van der Waals surface area contributed by atoms with Crippen LogP contribution in [0.3, 0.4) is 0 Å². The molecule has 0 aliphatic heterocycles. The highest BCUT2D eigenvalue weighted by molar-refractivity contribution is 7.90. The second-order valence-corrected chi connectivity index (χ2v) is 9.56. The largest absolute Gasteiger partial charge is 0.468 e. The number of sulfone groups is 1. The van der Waals surface area contributed by atoms with Crippen LogP contribution < -0.4 is 0 Å². The summed E-state index contributed by atoms with van der Waals surface area (Å²) in [7, 11) is -2.31. The van der Waals surface area contributed by atoms with Gasteiger partial charge in [-0.05, 0) is 47.5 Å². The van der Waals surface area contributed by atoms with Crippen LogP contribution in [0.25, 0.3) is 0 Å². The van der Waals surface area contributed by atoms with Crippen molar-refractivity contribution in [2.75, 3.05) is 13.7 Å². The van der Waals surface area contributed by atoms with Gasteiger partial charge in [0.2, 0.25) is 0 Å². The molecule has 0 saturated carbocycles. The highest BCUT2D eigenvalue weighted by atomic mass is 35.5. The van der Waals surface area contributed by atoms with E-state index in [0.29, 0.717) is 10.6 Å². The van der Waals surface area contributed by atoms with Crippen molar-refractivity contribution in [3.63, 3.8) is 0 Å². The smallest absolute Gasteiger partial charge is 0.325 e. The molecule has 0 aliphatic carbocycles. The van der Waals surface area contributed by atoms with Gasteiger partial charge < -0.3 is 9.64 Å². The van der Waals surface area contributed by atoms with Crippen LogP contribution >= 0.6 is 11.6 Å². The molecule has 166 valence electrons. The highest BCUT2D eigenvalue weighted by Crippen LogP contribution is 2.19. The number of amides is 1. The third-order valence-corrected chi connectivity index (χ3v) is 6.71. The molecule has 0 atom stereocenters. The molecule has 32 heavy (non-hydrogen) atoms. The summed E-state index contributed by atoms with van der Waals surface area (Å²) in [6.07, 6.45) is 0. The molecule has 0 N–H and O–H groups in total. The average molecular weight is 472 g/mol. The van der Waals surface area contributed by atoms with Gasteiger partial charge in [0.25, 0.3) is 5.91 Å². The summed E-state index contributed by atoms with van der Waals surface area (Å²) in [5.74, 6) is -1.22. The first-order valence-corrected chi connectivity index (χ1v) is 11.8. The molecule has 3 rings (SSSR count). The van der Waals surface area contributed by atoms with Gasteiger partial charge in [0, 0.05) is 17.1 Å². The number of esters is 1. The second-order valence-electron chi connectivity index (χ2n) is 7.14. The maximum Gasteiger partial charge on any atom is 0.325 e. The normalized spacial score (nSPS) is 11.1. The summed E-state index contributed by atoms with van der Waals surface area (Å²) < 4.78 is 30.1. The van der Waals surface area contributed by atoms with Crippen LogP contribution in [-0.2, 0) is 31.7 Å². The molecule has 6 nitrogen and oxygen atoms in total. The number of hydrogen-bond donors (Lipinski definition) is 0. The molecule has 0 unspecified atom stereocenters. The fourth-order valence-electron chi connectivity index (χ4n) is 3.14. The zero-order valence-electron chi connectivity index (χ0n) is 17.4. The van der Waals surface area contributed by atoms with E-state index >= 15 is 0 Å². The minimum absolute atomic E-state index is 0.164. The van der Waals surface area contributed by atoms with Gasteiger partial charge in [-0.1, -0.05) is 54.1 Å². The highest BCUT2D eigenvalue weighted by Gasteiger charge is 2.21. The van der Waals surface area contributed by atoms with Crippen molar-refractivity contribution in [3.8, 4) is 0 Å². The predicted molar refractivity (Wildman–Crippen MR) is 122 cm³/mol. The van der Waals surface area contributed by atoms with Crippen LogP contribution in [0.2, 0.25) is 5.02 Å². The summed E-state index contributed by atoms with van der Waals surface area (Å²) in [6.45, 7) is -0.0812. The molecule has 1 amide bonds. The van der Waals surface area contributed by atoms with Crippen LogP contribution in [0.4, 0.5) is 0 Å². The standard InChI is InChI=1S/C24H22ClNO5S/c1-31-23(27)16-26(15-18-10-12-21(25)13-11-18)24(28)20-7-5-6-19(14-20)17-32(29,30)22-8-3-2-4-9-22/h2-14H,15-17H2,1H3. The van der Waals surface area contributed by atoms with Gasteiger partial charge in [0.15, 0.2) is 9.84 Å². The van der Waals surface area contributed by atoms with Crippen molar-refractivity contribution in [3.05, 3.63) is 101 Å². The monoisotopic (exact) mass is 471 g/mol. The Morgan fingerprint density at radius 3 is 2.25 bits per heavy atom. The molecule has 0 radical (unpaired) electrons. The van der Waals surface area contributed by atoms with Crippen LogP contribution in [0.15, 0.2) is 83.8 Å². The fourth-order valence-corrected chi connectivity index (χ4v) is 4.62. The molecule has 0 aliphatic rings. The van der Waals surface area contributed by atoms with Gasteiger partial charge in [0.05, 0.1) is 17.8 Å². The molecular formula is C24H22ClNO5S. The van der Waals surface area contributed by atoms with Crippen molar-refractivity contribution in [2.24, 2.45) is 0 Å². The van der Waals surface area contributed by atoms with Gasteiger partial charge in [-0.15, -0.1) is 0 Å². The van der Waals surface area contributed by atoms with E-state index in [-0.39, 0.29) is 29.3 Å². The minimum Gasteiger partial charge on any atom is -0.468 e. The summed E-state index contributed by atoms with van der Waals surface area (Å²) in [6, 6.07) is 21.5. The van der Waals surface area contributed by atoms with Crippen LogP contribution in [0, 0.1) is 0 Å². The Kier molecular flexibility index (Phi) is 7.66. The molecular weight excluding hydrogens is 450 g/mol. The zero-order chi connectivity index (χ0) is 23.1. The summed E-state index contributed by atoms with van der Waals surface area (Å²) in [4.78, 5) is 26.7. The molecule has 0 aromatic heterocycles. The number of carbonyl (C=O) groups excluding carboxylic acids is 2. The lowest BCUT2D eigenvalue weighted by Crippen LogP contribution is -2.35. The number of ether oxygens (including phenoxy) is 1. The Bertz CT molecular complexity index is 1190. The van der Waals surface area contributed by atoms with Crippen LogP contribution in [-0.4, -0.2) is 38.8 Å². The van der Waals surface area contributed by atoms with Gasteiger partial charge >= 0.3 is 5.97 Å². The number of rotatable bonds is 8. The first kappa shape index (κ1) is 23.5. The maximum absolute atomic E-state index is 13.2. The average Bonchev–Trinajstić information content (AvgIpc) is 2.80. The Labute approximate surface area is 192 Å². The van der Waals surface area contributed by atoms with Gasteiger partial charge in [0.1, 0.15) is 6.54 Å². The number of methoxy groups -OCH3 is 1. The number of halogens is 1. The zero-order valence-corrected chi connectivity index (χ0v) is 19.0. The molecule has 3 aromatic carbocycles. The van der Waals surface area contributed by atoms with Crippen LogP contribution in [0.5, 0.6) is 0 Å². The Morgan fingerprint density at radius 1 is 0.906 bits per heavy atom. The van der Waals surface area contributed by atoms with E-state index in [4.69, 9.17) is 16.3 Å². The number of carbonyl (C=O) groups is 2. The maximum atomic E-state index is 13.2. The lowest BCUT2D eigenvalue weighted by atomic mass is 10.1. The molecule has 3 aromatic rings. The van der Waals surface area contributed by atoms with E-state index in [1.54, 1.807) is 60.7 Å². The van der Waals surface area contributed by atoms with Gasteiger partial charge in [-0.25, -0.2) is 8.42 Å². The molecule has 0 bridgehead atoms. The van der Waals surface area contributed by atoms with E-state index in [0.717, 1.165) is 5.56 Å². The summed E-state index contributed by atoms with van der Waals surface area (Å²) >= 11 is 5.92. The molecule has 8 heteroatoms. The quantitative estimate of drug-likeness (QED) is 0.461. The van der Waals surface area contributed by atoms with E-state index < -0.39 is 21.7 Å². The number of hydrogen-bond acceptors (Lipinski definition) is 5. The third kappa shape index (κ3) is 6.18. The topological polar surface area (TPSA) is 80.8 Å². The third-order valence-electron chi connectivity index (χ3n) is 4.75. The molecule has 0 heterocycles. The molecule has 0 spiro atoms. The van der Waals surface area contributed by atoms with E-state index in [2.05, 4.69) is 0 Å². The van der Waals surface area contributed by atoms with Gasteiger partial charge in [-0.3, -0.25) is 9.59 Å². The second kappa shape index (κ2) is 10.4. The van der Waals surface area contributed by atoms with Crippen molar-refractivity contribution < 1.29 is 22.7 Å². The van der Waals surface area contributed by atoms with Crippen molar-refractivity contribution in [1.82, 2.24) is 4.90 Å². The minimum atomic E-state index is -3.56. The van der Waals surface area contributed by atoms with E-state index in [9.17, 15) is 18.0 Å². The predicted octanol–water partition coefficient (Wildman–Crippen LogP) is 4.13. The van der Waals surface area contributed by atoms with Crippen molar-refractivity contribution in [1.29, 1.82) is 0 Å². The first-order valence-electron chi connectivity index (χ1n) is 9.76. The van der Waals surface area contributed by atoms with Crippen molar-refractivity contribution >= 4 is 33.3 Å². The Hall–Kier alpha value is -3.16. The molecule has 0 fully saturated rings. The number of benzene rings is 3. The first-order chi connectivity index (χ1) is 15.3. The number of nitrogens with zero attached hydrogens (tertiary/aromatic N) is 1. The fraction of sp³-hybridized carbons (Fsp3) is 0.167. The Balaban J connectivity index is 1.84. The van der Waals surface area contributed by atoms with Crippen molar-refractivity contribution in [2.45, 2.75) is 17.2 Å². The lowest BCUT2D eigenvalue weighted by molar-refractivity contribution is -0.141. The van der Waals surface area contributed by atoms with E-state index in [1.807, 2.05) is 0 Å². The van der Waals surface area contributed by atoms with Crippen LogP contribution in [0.1, 0.15) is 21.5 Å². The SMILES string of the molecule is COC(=O)CN(Cc1ccc(Cl)cc1)C(=O)c1cccc(CS(=O)(=O)c2ccccc2)c1. The van der Waals surface area contributed by atoms with E-state index in [1.165, 1.54) is 30.2 Å². The lowest BCUT2D eigenvalue weighted by Gasteiger charge is -2.22. The van der Waals surface area contributed by atoms with Gasteiger partial charge in [-0.2, -0.15) is 0 Å².